The Bertz CT molecular complexity index is 469. The summed E-state index contributed by atoms with van der Waals surface area (Å²) in [5, 5.41) is 29.2. The molecule has 1 saturated carbocycles. The second-order valence-corrected chi connectivity index (χ2v) is 7.99. The fourth-order valence-corrected chi connectivity index (χ4v) is 3.97. The molecule has 0 heterocycles. The average molecular weight is 367 g/mol. The first-order chi connectivity index (χ1) is 12.3. The van der Waals surface area contributed by atoms with E-state index in [9.17, 15) is 15.0 Å². The Balaban J connectivity index is 2.46. The Morgan fingerprint density at radius 3 is 2.65 bits per heavy atom. The van der Waals surface area contributed by atoms with Crippen molar-refractivity contribution in [2.24, 2.45) is 17.8 Å². The van der Waals surface area contributed by atoms with Gasteiger partial charge >= 0.3 is 5.97 Å². The summed E-state index contributed by atoms with van der Waals surface area (Å²) in [6.45, 7) is 6.44. The number of rotatable bonds is 12. The number of hydrogen-bond acceptors (Lipinski definition) is 3. The minimum atomic E-state index is -0.741. The van der Waals surface area contributed by atoms with Gasteiger partial charge in [0.25, 0.3) is 0 Å². The van der Waals surface area contributed by atoms with Crippen LogP contribution in [0.25, 0.3) is 0 Å². The predicted octanol–water partition coefficient (Wildman–Crippen LogP) is 4.71. The van der Waals surface area contributed by atoms with Gasteiger partial charge in [-0.25, -0.2) is 0 Å². The van der Waals surface area contributed by atoms with Gasteiger partial charge in [-0.05, 0) is 50.9 Å². The van der Waals surface area contributed by atoms with Crippen molar-refractivity contribution in [1.29, 1.82) is 0 Å². The lowest BCUT2D eigenvalue weighted by atomic mass is 9.86. The van der Waals surface area contributed by atoms with E-state index in [1.54, 1.807) is 0 Å². The van der Waals surface area contributed by atoms with Crippen LogP contribution in [0.2, 0.25) is 0 Å². The quantitative estimate of drug-likeness (QED) is 0.345. The Morgan fingerprint density at radius 2 is 2.00 bits per heavy atom. The zero-order valence-electron chi connectivity index (χ0n) is 16.7. The first kappa shape index (κ1) is 22.9. The third-order valence-corrected chi connectivity index (χ3v) is 5.67. The molecule has 4 nitrogen and oxygen atoms in total. The maximum Gasteiger partial charge on any atom is 0.303 e. The van der Waals surface area contributed by atoms with E-state index in [1.807, 2.05) is 12.2 Å². The molecule has 1 aliphatic rings. The van der Waals surface area contributed by atoms with Crippen LogP contribution in [-0.4, -0.2) is 33.5 Å². The van der Waals surface area contributed by atoms with E-state index in [0.29, 0.717) is 18.3 Å². The van der Waals surface area contributed by atoms with Crippen molar-refractivity contribution >= 4 is 5.97 Å². The molecule has 26 heavy (non-hydrogen) atoms. The van der Waals surface area contributed by atoms with Gasteiger partial charge in [-0.3, -0.25) is 4.79 Å². The summed E-state index contributed by atoms with van der Waals surface area (Å²) in [5.74, 6) is 0.190. The van der Waals surface area contributed by atoms with Crippen LogP contribution in [0.1, 0.15) is 78.6 Å². The van der Waals surface area contributed by atoms with E-state index in [1.165, 1.54) is 5.57 Å². The molecule has 0 bridgehead atoms. The van der Waals surface area contributed by atoms with Gasteiger partial charge in [-0.2, -0.15) is 0 Å². The molecule has 4 heteroatoms. The number of carbonyl (C=O) groups is 1. The van der Waals surface area contributed by atoms with Gasteiger partial charge < -0.3 is 15.3 Å². The van der Waals surface area contributed by atoms with Gasteiger partial charge in [0.2, 0.25) is 0 Å². The molecule has 0 saturated heterocycles. The van der Waals surface area contributed by atoms with Crippen LogP contribution in [0.3, 0.4) is 0 Å². The van der Waals surface area contributed by atoms with Crippen LogP contribution in [0, 0.1) is 17.8 Å². The van der Waals surface area contributed by atoms with Crippen molar-refractivity contribution in [1.82, 2.24) is 0 Å². The van der Waals surface area contributed by atoms with E-state index in [2.05, 4.69) is 26.8 Å². The molecule has 0 amide bonds. The fourth-order valence-electron chi connectivity index (χ4n) is 3.97. The van der Waals surface area contributed by atoms with Gasteiger partial charge in [0.1, 0.15) is 0 Å². The van der Waals surface area contributed by atoms with Gasteiger partial charge in [0, 0.05) is 12.3 Å². The highest BCUT2D eigenvalue weighted by Crippen LogP contribution is 2.41. The Kier molecular flexibility index (Phi) is 10.8. The van der Waals surface area contributed by atoms with Crippen molar-refractivity contribution in [3.05, 3.63) is 23.8 Å². The third-order valence-electron chi connectivity index (χ3n) is 5.67. The highest BCUT2D eigenvalue weighted by Gasteiger charge is 2.38. The molecule has 0 aromatic heterocycles. The number of aliphatic hydroxyl groups excluding tert-OH is 2. The van der Waals surface area contributed by atoms with E-state index < -0.39 is 12.1 Å². The summed E-state index contributed by atoms with van der Waals surface area (Å²) < 4.78 is 0. The molecular formula is C22H38O4. The van der Waals surface area contributed by atoms with E-state index in [0.717, 1.165) is 44.9 Å². The lowest BCUT2D eigenvalue weighted by Gasteiger charge is -2.19. The van der Waals surface area contributed by atoms with Crippen LogP contribution in [0.15, 0.2) is 23.8 Å². The number of hydrogen-bond donors (Lipinski definition) is 3. The normalized spacial score (nSPS) is 28.0. The molecule has 0 aromatic carbocycles. The van der Waals surface area contributed by atoms with Crippen molar-refractivity contribution in [3.8, 4) is 0 Å². The third kappa shape index (κ3) is 8.50. The number of allylic oxidation sites excluding steroid dienone is 2. The molecule has 0 aliphatic heterocycles. The first-order valence-corrected chi connectivity index (χ1v) is 10.3. The van der Waals surface area contributed by atoms with Crippen LogP contribution in [-0.2, 0) is 4.79 Å². The molecule has 0 radical (unpaired) electrons. The fraction of sp³-hybridized carbons (Fsp3) is 0.773. The maximum absolute atomic E-state index is 10.5. The summed E-state index contributed by atoms with van der Waals surface area (Å²) in [6, 6.07) is 0. The summed E-state index contributed by atoms with van der Waals surface area (Å²) in [4.78, 5) is 10.5. The predicted molar refractivity (Wildman–Crippen MR) is 106 cm³/mol. The van der Waals surface area contributed by atoms with Crippen LogP contribution < -0.4 is 0 Å². The monoisotopic (exact) mass is 366 g/mol. The van der Waals surface area contributed by atoms with E-state index in [-0.39, 0.29) is 18.4 Å². The molecule has 0 aromatic rings. The molecule has 1 aliphatic carbocycles. The van der Waals surface area contributed by atoms with Gasteiger partial charge in [0.15, 0.2) is 0 Å². The van der Waals surface area contributed by atoms with Gasteiger partial charge in [0.05, 0.1) is 12.2 Å². The van der Waals surface area contributed by atoms with Crippen LogP contribution in [0.5, 0.6) is 0 Å². The minimum Gasteiger partial charge on any atom is -0.481 e. The molecule has 0 spiro atoms. The first-order valence-electron chi connectivity index (χ1n) is 10.3. The zero-order chi connectivity index (χ0) is 19.5. The maximum atomic E-state index is 10.5. The Morgan fingerprint density at radius 1 is 1.27 bits per heavy atom. The average Bonchev–Trinajstić information content (AvgIpc) is 2.83. The number of carboxylic acid groups (broad SMARTS) is 1. The molecule has 3 N–H and O–H groups in total. The second-order valence-electron chi connectivity index (χ2n) is 7.99. The molecular weight excluding hydrogens is 328 g/mol. The van der Waals surface area contributed by atoms with Crippen molar-refractivity contribution in [2.45, 2.75) is 90.8 Å². The van der Waals surface area contributed by atoms with Gasteiger partial charge in [-0.15, -0.1) is 0 Å². The zero-order valence-corrected chi connectivity index (χ0v) is 16.7. The van der Waals surface area contributed by atoms with Crippen molar-refractivity contribution in [2.75, 3.05) is 0 Å². The molecule has 4 unspecified atom stereocenters. The van der Waals surface area contributed by atoms with Crippen molar-refractivity contribution < 1.29 is 20.1 Å². The molecule has 150 valence electrons. The number of aliphatic carboxylic acids is 1. The lowest BCUT2D eigenvalue weighted by Crippen LogP contribution is -2.16. The summed E-state index contributed by atoms with van der Waals surface area (Å²) in [7, 11) is 0. The standard InChI is InChI=1S/C22H38O4/c1-4-5-6-10-19(23)12-13-20-17(3)18(15-21(20)24)14-16(2)9-7-8-11-22(25)26/h9,12-13,17-21,23-24H,4-8,10-11,14-15H2,1-3H3,(H,25,26)/b13-12+,16-9-/t17?,18?,19?,20-,21?/m1/s1. The van der Waals surface area contributed by atoms with E-state index in [4.69, 9.17) is 5.11 Å². The topological polar surface area (TPSA) is 77.8 Å². The van der Waals surface area contributed by atoms with Gasteiger partial charge in [-0.1, -0.05) is 56.9 Å². The van der Waals surface area contributed by atoms with Crippen molar-refractivity contribution in [3.63, 3.8) is 0 Å². The van der Waals surface area contributed by atoms with E-state index >= 15 is 0 Å². The number of unbranched alkanes of at least 4 members (excludes halogenated alkanes) is 3. The van der Waals surface area contributed by atoms with Crippen LogP contribution in [0.4, 0.5) is 0 Å². The molecule has 1 fully saturated rings. The van der Waals surface area contributed by atoms with Crippen LogP contribution >= 0.6 is 0 Å². The highest BCUT2D eigenvalue weighted by atomic mass is 16.4. The number of carboxylic acids is 1. The molecule has 1 rings (SSSR count). The summed E-state index contributed by atoms with van der Waals surface area (Å²) in [5.41, 5.74) is 1.28. The SMILES string of the molecule is CCCCCC(O)/C=C/[C@H]1C(O)CC(C/C(C)=C\CCCC(=O)O)C1C. The molecule has 5 atom stereocenters. The smallest absolute Gasteiger partial charge is 0.303 e. The Hall–Kier alpha value is -1.13. The highest BCUT2D eigenvalue weighted by molar-refractivity contribution is 5.66. The second kappa shape index (κ2) is 12.3. The lowest BCUT2D eigenvalue weighted by molar-refractivity contribution is -0.137. The Labute approximate surface area is 159 Å². The minimum absolute atomic E-state index is 0.112. The number of aliphatic hydroxyl groups is 2. The summed E-state index contributed by atoms with van der Waals surface area (Å²) in [6.07, 6.45) is 12.9. The summed E-state index contributed by atoms with van der Waals surface area (Å²) >= 11 is 0. The largest absolute Gasteiger partial charge is 0.481 e.